The van der Waals surface area contributed by atoms with Gasteiger partial charge in [0.25, 0.3) is 0 Å². The van der Waals surface area contributed by atoms with Gasteiger partial charge in [-0.25, -0.2) is 4.79 Å². The van der Waals surface area contributed by atoms with E-state index in [0.29, 0.717) is 41.8 Å². The van der Waals surface area contributed by atoms with Crippen molar-refractivity contribution in [3.8, 4) is 23.0 Å². The van der Waals surface area contributed by atoms with Crippen molar-refractivity contribution in [2.24, 2.45) is 0 Å². The van der Waals surface area contributed by atoms with Gasteiger partial charge in [0.2, 0.25) is 6.79 Å². The molecule has 0 atom stereocenters. The highest BCUT2D eigenvalue weighted by Gasteiger charge is 2.18. The van der Waals surface area contributed by atoms with E-state index >= 15 is 0 Å². The van der Waals surface area contributed by atoms with Crippen molar-refractivity contribution in [2.75, 3.05) is 26.6 Å². The molecule has 7 heteroatoms. The molecule has 0 N–H and O–H groups in total. The summed E-state index contributed by atoms with van der Waals surface area (Å²) in [5.74, 6) is 1.13. The van der Waals surface area contributed by atoms with Crippen LogP contribution in [-0.2, 0) is 4.74 Å². The number of ketones is 1. The van der Waals surface area contributed by atoms with E-state index in [1.807, 2.05) is 13.8 Å². The van der Waals surface area contributed by atoms with E-state index in [0.717, 1.165) is 0 Å². The van der Waals surface area contributed by atoms with Gasteiger partial charge in [-0.2, -0.15) is 0 Å². The monoisotopic (exact) mass is 372 g/mol. The predicted octanol–water partition coefficient (Wildman–Crippen LogP) is 3.25. The van der Waals surface area contributed by atoms with Crippen molar-refractivity contribution in [3.05, 3.63) is 47.5 Å². The number of hydrogen-bond acceptors (Lipinski definition) is 7. The molecule has 0 bridgehead atoms. The maximum atomic E-state index is 12.3. The van der Waals surface area contributed by atoms with E-state index in [9.17, 15) is 9.59 Å². The standard InChI is InChI=1S/C20H20O7/c1-3-23-16-8-6-14(10-18(16)24-4-2)20(22)25-11-15(21)13-5-7-17-19(9-13)27-12-26-17/h5-10H,3-4,11-12H2,1-2H3. The summed E-state index contributed by atoms with van der Waals surface area (Å²) >= 11 is 0. The van der Waals surface area contributed by atoms with Crippen molar-refractivity contribution in [3.63, 3.8) is 0 Å². The van der Waals surface area contributed by atoms with Gasteiger partial charge in [0.05, 0.1) is 18.8 Å². The topological polar surface area (TPSA) is 80.3 Å². The maximum Gasteiger partial charge on any atom is 0.338 e. The summed E-state index contributed by atoms with van der Waals surface area (Å²) in [5.41, 5.74) is 0.661. The van der Waals surface area contributed by atoms with Gasteiger partial charge in [-0.3, -0.25) is 4.79 Å². The van der Waals surface area contributed by atoms with Crippen LogP contribution in [0.4, 0.5) is 0 Å². The quantitative estimate of drug-likeness (QED) is 0.520. The lowest BCUT2D eigenvalue weighted by Gasteiger charge is -2.12. The van der Waals surface area contributed by atoms with Gasteiger partial charge in [-0.15, -0.1) is 0 Å². The molecule has 0 saturated carbocycles. The second kappa shape index (κ2) is 8.44. The van der Waals surface area contributed by atoms with Crippen LogP contribution < -0.4 is 18.9 Å². The summed E-state index contributed by atoms with van der Waals surface area (Å²) < 4.78 is 26.5. The van der Waals surface area contributed by atoms with Crippen LogP contribution in [0, 0.1) is 0 Å². The van der Waals surface area contributed by atoms with E-state index in [1.165, 1.54) is 0 Å². The van der Waals surface area contributed by atoms with E-state index in [-0.39, 0.29) is 24.7 Å². The molecule has 0 fully saturated rings. The maximum absolute atomic E-state index is 12.3. The highest BCUT2D eigenvalue weighted by molar-refractivity contribution is 6.00. The summed E-state index contributed by atoms with van der Waals surface area (Å²) in [6, 6.07) is 9.59. The first-order valence-electron chi connectivity index (χ1n) is 8.62. The van der Waals surface area contributed by atoms with Crippen molar-refractivity contribution in [1.29, 1.82) is 0 Å². The van der Waals surface area contributed by atoms with Crippen LogP contribution in [0.25, 0.3) is 0 Å². The van der Waals surface area contributed by atoms with Gasteiger partial charge in [-0.05, 0) is 50.2 Å². The van der Waals surface area contributed by atoms with Gasteiger partial charge in [0.15, 0.2) is 35.4 Å². The zero-order valence-corrected chi connectivity index (χ0v) is 15.2. The summed E-state index contributed by atoms with van der Waals surface area (Å²) in [4.78, 5) is 24.5. The van der Waals surface area contributed by atoms with E-state index in [4.69, 9.17) is 23.7 Å². The average Bonchev–Trinajstić information content (AvgIpc) is 3.15. The number of fused-ring (bicyclic) bond motifs is 1. The summed E-state index contributed by atoms with van der Waals surface area (Å²) in [5, 5.41) is 0. The van der Waals surface area contributed by atoms with Gasteiger partial charge < -0.3 is 23.7 Å². The normalized spacial score (nSPS) is 11.8. The lowest BCUT2D eigenvalue weighted by Crippen LogP contribution is -2.14. The molecule has 1 heterocycles. The molecule has 1 aliphatic heterocycles. The summed E-state index contributed by atoms with van der Waals surface area (Å²) in [6.07, 6.45) is 0. The Balaban J connectivity index is 1.64. The molecule has 7 nitrogen and oxygen atoms in total. The minimum atomic E-state index is -0.618. The fourth-order valence-electron chi connectivity index (χ4n) is 2.55. The molecule has 0 unspecified atom stereocenters. The summed E-state index contributed by atoms with van der Waals surface area (Å²) in [7, 11) is 0. The number of Topliss-reactive ketones (excluding diaryl/α,β-unsaturated/α-hetero) is 1. The Morgan fingerprint density at radius 1 is 0.889 bits per heavy atom. The molecular weight excluding hydrogens is 352 g/mol. The third kappa shape index (κ3) is 4.31. The van der Waals surface area contributed by atoms with Gasteiger partial charge >= 0.3 is 5.97 Å². The SMILES string of the molecule is CCOc1ccc(C(=O)OCC(=O)c2ccc3c(c2)OCO3)cc1OCC. The van der Waals surface area contributed by atoms with Crippen molar-refractivity contribution in [1.82, 2.24) is 0 Å². The minimum absolute atomic E-state index is 0.127. The Labute approximate surface area is 156 Å². The number of carbonyl (C=O) groups is 2. The second-order valence-electron chi connectivity index (χ2n) is 5.59. The second-order valence-corrected chi connectivity index (χ2v) is 5.59. The molecule has 0 saturated heterocycles. The van der Waals surface area contributed by atoms with Crippen molar-refractivity contribution >= 4 is 11.8 Å². The first-order chi connectivity index (χ1) is 13.1. The van der Waals surface area contributed by atoms with E-state index in [2.05, 4.69) is 0 Å². The predicted molar refractivity (Wildman–Crippen MR) is 96.0 cm³/mol. The van der Waals surface area contributed by atoms with Crippen LogP contribution in [0.1, 0.15) is 34.6 Å². The lowest BCUT2D eigenvalue weighted by atomic mass is 10.1. The molecule has 2 aromatic carbocycles. The Bertz CT molecular complexity index is 844. The molecule has 3 rings (SSSR count). The molecule has 0 radical (unpaired) electrons. The Morgan fingerprint density at radius 2 is 1.59 bits per heavy atom. The zero-order valence-electron chi connectivity index (χ0n) is 15.2. The molecular formula is C20H20O7. The van der Waals surface area contributed by atoms with Crippen molar-refractivity contribution in [2.45, 2.75) is 13.8 Å². The molecule has 0 spiro atoms. The minimum Gasteiger partial charge on any atom is -0.490 e. The van der Waals surface area contributed by atoms with Crippen LogP contribution in [0.5, 0.6) is 23.0 Å². The van der Waals surface area contributed by atoms with E-state index in [1.54, 1.807) is 36.4 Å². The Kier molecular flexibility index (Phi) is 5.80. The van der Waals surface area contributed by atoms with Crippen LogP contribution in [0.3, 0.4) is 0 Å². The largest absolute Gasteiger partial charge is 0.490 e. The highest BCUT2D eigenvalue weighted by atomic mass is 16.7. The summed E-state index contributed by atoms with van der Waals surface area (Å²) in [6.45, 7) is 4.36. The third-order valence-electron chi connectivity index (χ3n) is 3.81. The number of esters is 1. The number of benzene rings is 2. The molecule has 0 aliphatic carbocycles. The highest BCUT2D eigenvalue weighted by Crippen LogP contribution is 2.32. The fraction of sp³-hybridized carbons (Fsp3) is 0.300. The molecule has 2 aromatic rings. The number of ether oxygens (including phenoxy) is 5. The molecule has 1 aliphatic rings. The van der Waals surface area contributed by atoms with Gasteiger partial charge in [0.1, 0.15) is 0 Å². The van der Waals surface area contributed by atoms with Crippen LogP contribution in [-0.4, -0.2) is 38.4 Å². The van der Waals surface area contributed by atoms with Crippen LogP contribution in [0.15, 0.2) is 36.4 Å². The average molecular weight is 372 g/mol. The van der Waals surface area contributed by atoms with Gasteiger partial charge in [0, 0.05) is 5.56 Å². The van der Waals surface area contributed by atoms with E-state index < -0.39 is 5.97 Å². The molecule has 0 amide bonds. The number of rotatable bonds is 8. The van der Waals surface area contributed by atoms with Crippen molar-refractivity contribution < 1.29 is 33.3 Å². The lowest BCUT2D eigenvalue weighted by molar-refractivity contribution is 0.0474. The zero-order chi connectivity index (χ0) is 19.2. The first-order valence-corrected chi connectivity index (χ1v) is 8.62. The smallest absolute Gasteiger partial charge is 0.338 e. The first kappa shape index (κ1) is 18.6. The molecule has 27 heavy (non-hydrogen) atoms. The number of hydrogen-bond donors (Lipinski definition) is 0. The molecule has 0 aromatic heterocycles. The molecule has 142 valence electrons. The van der Waals surface area contributed by atoms with Gasteiger partial charge in [-0.1, -0.05) is 0 Å². The fourth-order valence-corrected chi connectivity index (χ4v) is 2.55. The third-order valence-corrected chi connectivity index (χ3v) is 3.81. The van der Waals surface area contributed by atoms with Crippen LogP contribution in [0.2, 0.25) is 0 Å². The number of carbonyl (C=O) groups excluding carboxylic acids is 2. The van der Waals surface area contributed by atoms with Crippen LogP contribution >= 0.6 is 0 Å². The Hall–Kier alpha value is -3.22. The Morgan fingerprint density at radius 3 is 2.37 bits per heavy atom.